The molecule has 3 heteroatoms. The molecule has 0 radical (unpaired) electrons. The third-order valence-corrected chi connectivity index (χ3v) is 6.18. The van der Waals surface area contributed by atoms with Gasteiger partial charge in [-0.15, -0.1) is 0 Å². The molecule has 2 saturated heterocycles. The second-order valence-corrected chi connectivity index (χ2v) is 8.13. The van der Waals surface area contributed by atoms with Gasteiger partial charge in [-0.25, -0.2) is 0 Å². The van der Waals surface area contributed by atoms with Crippen molar-refractivity contribution in [1.29, 1.82) is 0 Å². The predicted molar refractivity (Wildman–Crippen MR) is 87.5 cm³/mol. The van der Waals surface area contributed by atoms with E-state index in [9.17, 15) is 0 Å². The molecule has 0 atom stereocenters. The van der Waals surface area contributed by atoms with Crippen molar-refractivity contribution in [1.82, 2.24) is 9.80 Å². The topological polar surface area (TPSA) is 15.7 Å². The van der Waals surface area contributed by atoms with Gasteiger partial charge in [0.1, 0.15) is 0 Å². The fourth-order valence-corrected chi connectivity index (χ4v) is 4.45. The Balaban J connectivity index is 1.35. The van der Waals surface area contributed by atoms with Gasteiger partial charge < -0.3 is 14.5 Å². The van der Waals surface area contributed by atoms with Gasteiger partial charge in [0, 0.05) is 19.1 Å². The van der Waals surface area contributed by atoms with Gasteiger partial charge in [-0.05, 0) is 90.0 Å². The van der Waals surface area contributed by atoms with E-state index in [-0.39, 0.29) is 0 Å². The fourth-order valence-electron chi connectivity index (χ4n) is 4.45. The van der Waals surface area contributed by atoms with Crippen LogP contribution in [0, 0.1) is 17.3 Å². The van der Waals surface area contributed by atoms with Crippen LogP contribution in [0.4, 0.5) is 0 Å². The summed E-state index contributed by atoms with van der Waals surface area (Å²) in [6, 6.07) is 0. The molecule has 2 aliphatic heterocycles. The summed E-state index contributed by atoms with van der Waals surface area (Å²) >= 11 is 0. The van der Waals surface area contributed by atoms with Crippen molar-refractivity contribution < 1.29 is 4.74 Å². The molecule has 3 rings (SSSR count). The van der Waals surface area contributed by atoms with E-state index in [2.05, 4.69) is 16.8 Å². The van der Waals surface area contributed by atoms with Gasteiger partial charge in [0.05, 0.1) is 6.61 Å². The van der Waals surface area contributed by atoms with Gasteiger partial charge in [0.2, 0.25) is 0 Å². The Kier molecular flexibility index (Phi) is 5.23. The van der Waals surface area contributed by atoms with E-state index in [1.807, 2.05) is 7.11 Å². The summed E-state index contributed by atoms with van der Waals surface area (Å²) in [5.41, 5.74) is 0.537. The van der Waals surface area contributed by atoms with Crippen LogP contribution in [0.3, 0.4) is 0 Å². The summed E-state index contributed by atoms with van der Waals surface area (Å²) < 4.78 is 5.41. The number of methoxy groups -OCH3 is 1. The van der Waals surface area contributed by atoms with Crippen LogP contribution in [0.15, 0.2) is 0 Å². The number of hydrogen-bond donors (Lipinski definition) is 0. The molecule has 3 fully saturated rings. The first-order chi connectivity index (χ1) is 10.2. The molecule has 21 heavy (non-hydrogen) atoms. The Morgan fingerprint density at radius 3 is 2.05 bits per heavy atom. The van der Waals surface area contributed by atoms with E-state index >= 15 is 0 Å². The van der Waals surface area contributed by atoms with E-state index in [4.69, 9.17) is 4.74 Å². The van der Waals surface area contributed by atoms with Gasteiger partial charge >= 0.3 is 0 Å². The van der Waals surface area contributed by atoms with Crippen molar-refractivity contribution in [2.75, 3.05) is 53.5 Å². The van der Waals surface area contributed by atoms with Gasteiger partial charge in [0.25, 0.3) is 0 Å². The molecule has 0 aromatic rings. The first-order valence-electron chi connectivity index (χ1n) is 9.09. The van der Waals surface area contributed by atoms with Gasteiger partial charge in [-0.1, -0.05) is 0 Å². The maximum atomic E-state index is 5.41. The second-order valence-electron chi connectivity index (χ2n) is 8.13. The fraction of sp³-hybridized carbons (Fsp3) is 1.00. The molecule has 0 N–H and O–H groups in total. The maximum Gasteiger partial charge on any atom is 0.0530 e. The molecule has 3 nitrogen and oxygen atoms in total. The molecule has 1 aliphatic carbocycles. The molecule has 0 aromatic carbocycles. The standard InChI is InChI=1S/C18H34N2O/c1-19-9-3-16(4-10-19)13-17-5-11-20(12-6-17)14-18(7-8-18)15-21-2/h16-17H,3-15H2,1-2H3. The van der Waals surface area contributed by atoms with E-state index in [1.165, 1.54) is 77.7 Å². The highest BCUT2D eigenvalue weighted by molar-refractivity contribution is 4.96. The average Bonchev–Trinajstić information content (AvgIpc) is 3.23. The largest absolute Gasteiger partial charge is 0.384 e. The van der Waals surface area contributed by atoms with Crippen molar-refractivity contribution >= 4 is 0 Å². The Labute approximate surface area is 131 Å². The van der Waals surface area contributed by atoms with Gasteiger partial charge in [-0.3, -0.25) is 0 Å². The molecule has 0 unspecified atom stereocenters. The summed E-state index contributed by atoms with van der Waals surface area (Å²) in [7, 11) is 4.12. The van der Waals surface area contributed by atoms with Crippen LogP contribution in [0.1, 0.15) is 44.9 Å². The van der Waals surface area contributed by atoms with Gasteiger partial charge in [0.15, 0.2) is 0 Å². The first-order valence-corrected chi connectivity index (χ1v) is 9.09. The smallest absolute Gasteiger partial charge is 0.0530 e. The van der Waals surface area contributed by atoms with Crippen molar-refractivity contribution in [2.24, 2.45) is 17.3 Å². The van der Waals surface area contributed by atoms with Crippen LogP contribution in [0.5, 0.6) is 0 Å². The van der Waals surface area contributed by atoms with E-state index in [1.54, 1.807) is 0 Å². The summed E-state index contributed by atoms with van der Waals surface area (Å²) in [6.45, 7) is 7.59. The van der Waals surface area contributed by atoms with Crippen molar-refractivity contribution in [3.63, 3.8) is 0 Å². The normalized spacial score (nSPS) is 28.9. The highest BCUT2D eigenvalue weighted by Crippen LogP contribution is 2.46. The molecule has 3 aliphatic rings. The third-order valence-electron chi connectivity index (χ3n) is 6.18. The lowest BCUT2D eigenvalue weighted by Gasteiger charge is -2.37. The average molecular weight is 294 g/mol. The van der Waals surface area contributed by atoms with E-state index in [0.717, 1.165) is 18.4 Å². The molecular formula is C18H34N2O. The number of nitrogens with zero attached hydrogens (tertiary/aromatic N) is 2. The molecule has 0 amide bonds. The lowest BCUT2D eigenvalue weighted by atomic mass is 9.82. The highest BCUT2D eigenvalue weighted by atomic mass is 16.5. The molecule has 1 saturated carbocycles. The van der Waals surface area contributed by atoms with Crippen LogP contribution < -0.4 is 0 Å². The zero-order chi connectivity index (χ0) is 14.7. The Morgan fingerprint density at radius 1 is 0.952 bits per heavy atom. The summed E-state index contributed by atoms with van der Waals surface area (Å²) in [5.74, 6) is 2.02. The minimum absolute atomic E-state index is 0.537. The quantitative estimate of drug-likeness (QED) is 0.749. The SMILES string of the molecule is COCC1(CN2CCC(CC3CCN(C)CC3)CC2)CC1. The summed E-state index contributed by atoms with van der Waals surface area (Å²) in [5, 5.41) is 0. The minimum atomic E-state index is 0.537. The molecule has 122 valence electrons. The molecule has 2 heterocycles. The highest BCUT2D eigenvalue weighted by Gasteiger charge is 2.44. The van der Waals surface area contributed by atoms with E-state index in [0.29, 0.717) is 5.41 Å². The molecule has 0 spiro atoms. The summed E-state index contributed by atoms with van der Waals surface area (Å²) in [4.78, 5) is 5.21. The zero-order valence-corrected chi connectivity index (χ0v) is 14.1. The minimum Gasteiger partial charge on any atom is -0.384 e. The molecule has 0 aromatic heterocycles. The van der Waals surface area contributed by atoms with Crippen LogP contribution in [0.25, 0.3) is 0 Å². The number of ether oxygens (including phenoxy) is 1. The number of piperidine rings is 2. The molecule has 0 bridgehead atoms. The van der Waals surface area contributed by atoms with Crippen LogP contribution in [-0.4, -0.2) is 63.3 Å². The Bertz CT molecular complexity index is 313. The predicted octanol–water partition coefficient (Wildman–Crippen LogP) is 2.86. The monoisotopic (exact) mass is 294 g/mol. The number of rotatable bonds is 6. The summed E-state index contributed by atoms with van der Waals surface area (Å²) in [6.07, 6.45) is 10.0. The van der Waals surface area contributed by atoms with Crippen molar-refractivity contribution in [3.05, 3.63) is 0 Å². The first kappa shape index (κ1) is 15.8. The lowest BCUT2D eigenvalue weighted by Crippen LogP contribution is -2.39. The Morgan fingerprint density at radius 2 is 1.52 bits per heavy atom. The van der Waals surface area contributed by atoms with Crippen molar-refractivity contribution in [2.45, 2.75) is 44.9 Å². The second kappa shape index (κ2) is 6.97. The third kappa shape index (κ3) is 4.43. The van der Waals surface area contributed by atoms with Crippen LogP contribution >= 0.6 is 0 Å². The van der Waals surface area contributed by atoms with Crippen molar-refractivity contribution in [3.8, 4) is 0 Å². The van der Waals surface area contributed by atoms with Crippen LogP contribution in [-0.2, 0) is 4.74 Å². The molecular weight excluding hydrogens is 260 g/mol. The zero-order valence-electron chi connectivity index (χ0n) is 14.1. The lowest BCUT2D eigenvalue weighted by molar-refractivity contribution is 0.0845. The maximum absolute atomic E-state index is 5.41. The number of likely N-dealkylation sites (tertiary alicyclic amines) is 2. The van der Waals surface area contributed by atoms with Gasteiger partial charge in [-0.2, -0.15) is 0 Å². The van der Waals surface area contributed by atoms with E-state index < -0.39 is 0 Å². The Hall–Kier alpha value is -0.120. The number of hydrogen-bond acceptors (Lipinski definition) is 3. The van der Waals surface area contributed by atoms with Crippen LogP contribution in [0.2, 0.25) is 0 Å².